The minimum atomic E-state index is 0.442. The molecule has 3 heteroatoms. The molecule has 1 heterocycles. The lowest BCUT2D eigenvalue weighted by atomic mass is 10.2. The Morgan fingerprint density at radius 1 is 1.50 bits per heavy atom. The first-order valence-electron chi connectivity index (χ1n) is 4.21. The van der Waals surface area contributed by atoms with Gasteiger partial charge in [0.15, 0.2) is 0 Å². The van der Waals surface area contributed by atoms with Gasteiger partial charge in [0.1, 0.15) is 5.82 Å². The Labute approximate surface area is 72.2 Å². The minimum Gasteiger partial charge on any atom is -0.366 e. The summed E-state index contributed by atoms with van der Waals surface area (Å²) in [5.74, 6) is 0.882. The average molecular weight is 163 g/mol. The molecular formula is C9H13N3. The molecule has 0 amide bonds. The van der Waals surface area contributed by atoms with Gasteiger partial charge in [-0.2, -0.15) is 0 Å². The summed E-state index contributed by atoms with van der Waals surface area (Å²) in [7, 11) is 0. The van der Waals surface area contributed by atoms with Gasteiger partial charge in [0.25, 0.3) is 0 Å². The standard InChI is InChI=1S/C9H13N3/c1-9(2)5-7(9)12-8-6-10-3-4-11-8/h3-4,6-7H,5H2,1-2H3,(H,11,12). The number of nitrogens with zero attached hydrogens (tertiary/aromatic N) is 2. The first-order valence-corrected chi connectivity index (χ1v) is 4.21. The molecular weight excluding hydrogens is 150 g/mol. The van der Waals surface area contributed by atoms with E-state index in [2.05, 4.69) is 29.1 Å². The quantitative estimate of drug-likeness (QED) is 0.721. The Kier molecular flexibility index (Phi) is 1.53. The summed E-state index contributed by atoms with van der Waals surface area (Å²) < 4.78 is 0. The predicted octanol–water partition coefficient (Wildman–Crippen LogP) is 1.69. The number of rotatable bonds is 2. The molecule has 0 saturated heterocycles. The summed E-state index contributed by atoms with van der Waals surface area (Å²) in [6.07, 6.45) is 6.37. The van der Waals surface area contributed by atoms with Crippen LogP contribution < -0.4 is 5.32 Å². The fourth-order valence-electron chi connectivity index (χ4n) is 1.27. The fraction of sp³-hybridized carbons (Fsp3) is 0.556. The SMILES string of the molecule is CC1(C)CC1Nc1cnccn1. The first-order chi connectivity index (χ1) is 5.68. The summed E-state index contributed by atoms with van der Waals surface area (Å²) >= 11 is 0. The zero-order valence-corrected chi connectivity index (χ0v) is 7.41. The Morgan fingerprint density at radius 3 is 2.75 bits per heavy atom. The van der Waals surface area contributed by atoms with Crippen LogP contribution in [0, 0.1) is 5.41 Å². The highest BCUT2D eigenvalue weighted by Gasteiger charge is 2.45. The highest BCUT2D eigenvalue weighted by atomic mass is 15.1. The Hall–Kier alpha value is -1.12. The Bertz CT molecular complexity index is 268. The number of nitrogens with one attached hydrogen (secondary N) is 1. The molecule has 1 unspecified atom stereocenters. The van der Waals surface area contributed by atoms with Crippen molar-refractivity contribution in [2.45, 2.75) is 26.3 Å². The van der Waals surface area contributed by atoms with E-state index in [0.29, 0.717) is 11.5 Å². The van der Waals surface area contributed by atoms with E-state index in [1.54, 1.807) is 18.6 Å². The molecule has 1 atom stereocenters. The van der Waals surface area contributed by atoms with Gasteiger partial charge >= 0.3 is 0 Å². The third-order valence-electron chi connectivity index (χ3n) is 2.40. The van der Waals surface area contributed by atoms with E-state index in [1.165, 1.54) is 6.42 Å². The zero-order chi connectivity index (χ0) is 8.60. The molecule has 1 aromatic heterocycles. The number of hydrogen-bond donors (Lipinski definition) is 1. The van der Waals surface area contributed by atoms with Gasteiger partial charge in [-0.25, -0.2) is 4.98 Å². The van der Waals surface area contributed by atoms with Crippen molar-refractivity contribution in [1.29, 1.82) is 0 Å². The molecule has 0 spiro atoms. The monoisotopic (exact) mass is 163 g/mol. The van der Waals surface area contributed by atoms with Crippen molar-refractivity contribution in [2.24, 2.45) is 5.41 Å². The van der Waals surface area contributed by atoms with Crippen molar-refractivity contribution >= 4 is 5.82 Å². The van der Waals surface area contributed by atoms with E-state index in [1.807, 2.05) is 0 Å². The number of aromatic nitrogens is 2. The van der Waals surface area contributed by atoms with Gasteiger partial charge in [0.2, 0.25) is 0 Å². The Morgan fingerprint density at radius 2 is 2.25 bits per heavy atom. The van der Waals surface area contributed by atoms with Crippen LogP contribution >= 0.6 is 0 Å². The van der Waals surface area contributed by atoms with Crippen molar-refractivity contribution in [1.82, 2.24) is 9.97 Å². The normalized spacial score (nSPS) is 25.0. The van der Waals surface area contributed by atoms with Gasteiger partial charge in [0, 0.05) is 18.4 Å². The molecule has 0 bridgehead atoms. The highest BCUT2D eigenvalue weighted by Crippen LogP contribution is 2.46. The van der Waals surface area contributed by atoms with E-state index >= 15 is 0 Å². The average Bonchev–Trinajstić information content (AvgIpc) is 2.61. The maximum absolute atomic E-state index is 4.15. The number of hydrogen-bond acceptors (Lipinski definition) is 3. The third-order valence-corrected chi connectivity index (χ3v) is 2.40. The lowest BCUT2D eigenvalue weighted by Gasteiger charge is -2.05. The predicted molar refractivity (Wildman–Crippen MR) is 47.8 cm³/mol. The van der Waals surface area contributed by atoms with Gasteiger partial charge in [-0.05, 0) is 11.8 Å². The van der Waals surface area contributed by atoms with Crippen LogP contribution in [0.25, 0.3) is 0 Å². The van der Waals surface area contributed by atoms with Crippen LogP contribution in [0.5, 0.6) is 0 Å². The molecule has 0 radical (unpaired) electrons. The highest BCUT2D eigenvalue weighted by molar-refractivity contribution is 5.35. The lowest BCUT2D eigenvalue weighted by molar-refractivity contribution is 0.629. The van der Waals surface area contributed by atoms with Crippen molar-refractivity contribution in [3.05, 3.63) is 18.6 Å². The summed E-state index contributed by atoms with van der Waals surface area (Å²) in [4.78, 5) is 8.14. The second kappa shape index (κ2) is 2.44. The molecule has 2 rings (SSSR count). The maximum Gasteiger partial charge on any atom is 0.144 e. The molecule has 1 aromatic rings. The van der Waals surface area contributed by atoms with Crippen molar-refractivity contribution in [2.75, 3.05) is 5.32 Å². The van der Waals surface area contributed by atoms with E-state index in [-0.39, 0.29) is 0 Å². The summed E-state index contributed by atoms with van der Waals surface area (Å²) in [5.41, 5.74) is 0.442. The molecule has 3 nitrogen and oxygen atoms in total. The van der Waals surface area contributed by atoms with E-state index in [0.717, 1.165) is 5.82 Å². The molecule has 1 aliphatic carbocycles. The number of anilines is 1. The van der Waals surface area contributed by atoms with E-state index in [4.69, 9.17) is 0 Å². The molecule has 1 N–H and O–H groups in total. The summed E-state index contributed by atoms with van der Waals surface area (Å²) in [6, 6.07) is 0.578. The van der Waals surface area contributed by atoms with Crippen molar-refractivity contribution in [3.8, 4) is 0 Å². The minimum absolute atomic E-state index is 0.442. The van der Waals surface area contributed by atoms with Gasteiger partial charge in [0.05, 0.1) is 6.20 Å². The van der Waals surface area contributed by atoms with Gasteiger partial charge in [-0.15, -0.1) is 0 Å². The maximum atomic E-state index is 4.15. The third kappa shape index (κ3) is 1.40. The molecule has 0 aliphatic heterocycles. The van der Waals surface area contributed by atoms with Crippen LogP contribution in [-0.4, -0.2) is 16.0 Å². The topological polar surface area (TPSA) is 37.8 Å². The van der Waals surface area contributed by atoms with Gasteiger partial charge < -0.3 is 5.32 Å². The zero-order valence-electron chi connectivity index (χ0n) is 7.41. The lowest BCUT2D eigenvalue weighted by Crippen LogP contribution is -2.09. The van der Waals surface area contributed by atoms with Crippen LogP contribution in [0.4, 0.5) is 5.82 Å². The van der Waals surface area contributed by atoms with Crippen molar-refractivity contribution < 1.29 is 0 Å². The molecule has 12 heavy (non-hydrogen) atoms. The van der Waals surface area contributed by atoms with Crippen LogP contribution in [-0.2, 0) is 0 Å². The van der Waals surface area contributed by atoms with Gasteiger partial charge in [-0.3, -0.25) is 4.98 Å². The first kappa shape index (κ1) is 7.53. The second-order valence-corrected chi connectivity index (χ2v) is 3.98. The second-order valence-electron chi connectivity index (χ2n) is 3.98. The largest absolute Gasteiger partial charge is 0.366 e. The summed E-state index contributed by atoms with van der Waals surface area (Å²) in [6.45, 7) is 4.50. The smallest absolute Gasteiger partial charge is 0.144 e. The molecule has 1 saturated carbocycles. The van der Waals surface area contributed by atoms with Crippen LogP contribution in [0.1, 0.15) is 20.3 Å². The van der Waals surface area contributed by atoms with Gasteiger partial charge in [-0.1, -0.05) is 13.8 Å². The molecule has 1 fully saturated rings. The molecule has 64 valence electrons. The van der Waals surface area contributed by atoms with E-state index < -0.39 is 0 Å². The van der Waals surface area contributed by atoms with Crippen LogP contribution in [0.2, 0.25) is 0 Å². The van der Waals surface area contributed by atoms with E-state index in [9.17, 15) is 0 Å². The molecule has 0 aromatic carbocycles. The summed E-state index contributed by atoms with van der Waals surface area (Å²) in [5, 5.41) is 3.33. The van der Waals surface area contributed by atoms with Crippen LogP contribution in [0.3, 0.4) is 0 Å². The molecule has 1 aliphatic rings. The fourth-order valence-corrected chi connectivity index (χ4v) is 1.27. The van der Waals surface area contributed by atoms with Crippen LogP contribution in [0.15, 0.2) is 18.6 Å². The Balaban J connectivity index is 1.98. The van der Waals surface area contributed by atoms with Crippen molar-refractivity contribution in [3.63, 3.8) is 0 Å².